The number of halogens is 2. The Labute approximate surface area is 91.6 Å². The second-order valence-corrected chi connectivity index (χ2v) is 5.37. The Morgan fingerprint density at radius 3 is 2.43 bits per heavy atom. The number of hydrogen-bond acceptors (Lipinski definition) is 3. The van der Waals surface area contributed by atoms with Gasteiger partial charge in [0.05, 0.1) is 9.92 Å². The van der Waals surface area contributed by atoms with Crippen molar-refractivity contribution in [3.8, 4) is 0 Å². The summed E-state index contributed by atoms with van der Waals surface area (Å²) in [6.07, 6.45) is 0.320. The Morgan fingerprint density at radius 1 is 1.29 bits per heavy atom. The van der Waals surface area contributed by atoms with E-state index in [0.29, 0.717) is 11.3 Å². The van der Waals surface area contributed by atoms with Crippen molar-refractivity contribution in [3.05, 3.63) is 28.2 Å². The maximum absolute atomic E-state index is 11.4. The molecule has 0 fully saturated rings. The first-order chi connectivity index (χ1) is 6.47. The van der Waals surface area contributed by atoms with Crippen LogP contribution in [-0.2, 0) is 14.6 Å². The molecule has 6 heteroatoms. The Bertz CT molecular complexity index is 454. The van der Waals surface area contributed by atoms with Gasteiger partial charge in [0, 0.05) is 5.02 Å². The van der Waals surface area contributed by atoms with Crippen LogP contribution in [0.15, 0.2) is 23.1 Å². The maximum atomic E-state index is 11.4. The molecule has 0 aromatic heterocycles. The van der Waals surface area contributed by atoms with Crippen LogP contribution in [0.3, 0.4) is 0 Å². The van der Waals surface area contributed by atoms with Crippen LogP contribution in [0.2, 0.25) is 10.0 Å². The van der Waals surface area contributed by atoms with Crippen LogP contribution in [0.25, 0.3) is 0 Å². The summed E-state index contributed by atoms with van der Waals surface area (Å²) in [5, 5.41) is 0.374. The van der Waals surface area contributed by atoms with Crippen molar-refractivity contribution >= 4 is 39.3 Å². The van der Waals surface area contributed by atoms with E-state index in [4.69, 9.17) is 23.2 Å². The molecule has 0 bridgehead atoms. The molecule has 0 unspecified atom stereocenters. The minimum atomic E-state index is -3.62. The lowest BCUT2D eigenvalue weighted by molar-refractivity contribution is -0.105. The van der Waals surface area contributed by atoms with Gasteiger partial charge in [0.25, 0.3) is 0 Å². The van der Waals surface area contributed by atoms with Gasteiger partial charge in [-0.2, -0.15) is 0 Å². The van der Waals surface area contributed by atoms with E-state index >= 15 is 0 Å². The van der Waals surface area contributed by atoms with Gasteiger partial charge in [-0.25, -0.2) is 8.42 Å². The third-order valence-electron chi connectivity index (χ3n) is 1.52. The summed E-state index contributed by atoms with van der Waals surface area (Å²) in [4.78, 5) is 10.1. The largest absolute Gasteiger partial charge is 0.302 e. The predicted molar refractivity (Wildman–Crippen MR) is 54.6 cm³/mol. The van der Waals surface area contributed by atoms with E-state index in [0.717, 1.165) is 0 Å². The van der Waals surface area contributed by atoms with Crippen LogP contribution >= 0.6 is 23.2 Å². The molecule has 0 aliphatic rings. The second kappa shape index (κ2) is 4.29. The van der Waals surface area contributed by atoms with Crippen molar-refractivity contribution in [2.75, 3.05) is 5.75 Å². The molecule has 0 spiro atoms. The minimum absolute atomic E-state index is 0.0272. The van der Waals surface area contributed by atoms with E-state index in [-0.39, 0.29) is 9.92 Å². The lowest BCUT2D eigenvalue weighted by Crippen LogP contribution is -2.08. The van der Waals surface area contributed by atoms with Gasteiger partial charge in [-0.05, 0) is 18.2 Å². The van der Waals surface area contributed by atoms with Crippen LogP contribution in [0.4, 0.5) is 0 Å². The number of sulfone groups is 1. The van der Waals surface area contributed by atoms with Crippen LogP contribution in [0.5, 0.6) is 0 Å². The van der Waals surface area contributed by atoms with Gasteiger partial charge < -0.3 is 4.79 Å². The average molecular weight is 253 g/mol. The van der Waals surface area contributed by atoms with Crippen LogP contribution in [0.1, 0.15) is 0 Å². The Kier molecular flexibility index (Phi) is 3.53. The van der Waals surface area contributed by atoms with Crippen molar-refractivity contribution in [1.82, 2.24) is 0 Å². The molecule has 0 saturated heterocycles. The molecule has 0 atom stereocenters. The first-order valence-electron chi connectivity index (χ1n) is 3.59. The Morgan fingerprint density at radius 2 is 1.93 bits per heavy atom. The summed E-state index contributed by atoms with van der Waals surface area (Å²) < 4.78 is 22.8. The number of rotatable bonds is 3. The van der Waals surface area contributed by atoms with Crippen LogP contribution in [0, 0.1) is 0 Å². The van der Waals surface area contributed by atoms with E-state index in [9.17, 15) is 13.2 Å². The minimum Gasteiger partial charge on any atom is -0.302 e. The molecule has 1 aromatic carbocycles. The summed E-state index contributed by atoms with van der Waals surface area (Å²) in [5.41, 5.74) is 0. The van der Waals surface area contributed by atoms with Crippen molar-refractivity contribution in [2.45, 2.75) is 4.90 Å². The van der Waals surface area contributed by atoms with Gasteiger partial charge in [-0.15, -0.1) is 0 Å². The number of carbonyl (C=O) groups is 1. The average Bonchev–Trinajstić information content (AvgIpc) is 2.02. The lowest BCUT2D eigenvalue weighted by Gasteiger charge is -2.03. The quantitative estimate of drug-likeness (QED) is 0.774. The zero-order valence-electron chi connectivity index (χ0n) is 6.91. The van der Waals surface area contributed by atoms with Gasteiger partial charge in [0.2, 0.25) is 0 Å². The summed E-state index contributed by atoms with van der Waals surface area (Å²) >= 11 is 11.3. The molecule has 3 nitrogen and oxygen atoms in total. The zero-order valence-corrected chi connectivity index (χ0v) is 9.23. The molecule has 0 radical (unpaired) electrons. The molecule has 14 heavy (non-hydrogen) atoms. The molecule has 76 valence electrons. The molecular weight excluding hydrogens is 247 g/mol. The second-order valence-electron chi connectivity index (χ2n) is 2.52. The van der Waals surface area contributed by atoms with Crippen molar-refractivity contribution in [1.29, 1.82) is 0 Å². The van der Waals surface area contributed by atoms with Crippen LogP contribution in [-0.4, -0.2) is 20.5 Å². The van der Waals surface area contributed by atoms with E-state index in [1.165, 1.54) is 18.2 Å². The van der Waals surface area contributed by atoms with Crippen molar-refractivity contribution in [3.63, 3.8) is 0 Å². The topological polar surface area (TPSA) is 51.2 Å². The van der Waals surface area contributed by atoms with Gasteiger partial charge in [0.1, 0.15) is 12.0 Å². The summed E-state index contributed by atoms with van der Waals surface area (Å²) in [7, 11) is -3.62. The summed E-state index contributed by atoms with van der Waals surface area (Å²) in [5.74, 6) is -0.575. The first-order valence-corrected chi connectivity index (χ1v) is 5.99. The predicted octanol–water partition coefficient (Wildman–Crippen LogP) is 1.97. The van der Waals surface area contributed by atoms with E-state index in [1.54, 1.807) is 0 Å². The standard InChI is InChI=1S/C8H6Cl2O3S/c9-6-1-2-8(7(10)5-6)14(12,13)4-3-11/h1-3,5H,4H2. The Balaban J connectivity index is 3.26. The monoisotopic (exact) mass is 252 g/mol. The molecule has 0 heterocycles. The van der Waals surface area contributed by atoms with Gasteiger partial charge in [0.15, 0.2) is 9.84 Å². The number of carbonyl (C=O) groups excluding carboxylic acids is 1. The van der Waals surface area contributed by atoms with Crippen molar-refractivity contribution in [2.24, 2.45) is 0 Å². The Hall–Kier alpha value is -0.580. The number of aldehydes is 1. The smallest absolute Gasteiger partial charge is 0.186 e. The maximum Gasteiger partial charge on any atom is 0.186 e. The molecule has 1 aromatic rings. The lowest BCUT2D eigenvalue weighted by atomic mass is 10.4. The highest BCUT2D eigenvalue weighted by molar-refractivity contribution is 7.92. The van der Waals surface area contributed by atoms with E-state index in [2.05, 4.69) is 0 Å². The summed E-state index contributed by atoms with van der Waals surface area (Å²) in [6, 6.07) is 4.01. The molecule has 1 rings (SSSR count). The highest BCUT2D eigenvalue weighted by Crippen LogP contribution is 2.25. The number of benzene rings is 1. The third-order valence-corrected chi connectivity index (χ3v) is 3.78. The normalized spacial score (nSPS) is 11.3. The highest BCUT2D eigenvalue weighted by atomic mass is 35.5. The fourth-order valence-corrected chi connectivity index (χ4v) is 2.66. The first kappa shape index (κ1) is 11.5. The van der Waals surface area contributed by atoms with Crippen LogP contribution < -0.4 is 0 Å². The van der Waals surface area contributed by atoms with E-state index in [1.807, 2.05) is 0 Å². The molecular formula is C8H6Cl2O3S. The van der Waals surface area contributed by atoms with Gasteiger partial charge in [-0.3, -0.25) is 0 Å². The van der Waals surface area contributed by atoms with Gasteiger partial charge in [-0.1, -0.05) is 23.2 Å². The molecule has 0 saturated carbocycles. The van der Waals surface area contributed by atoms with Gasteiger partial charge >= 0.3 is 0 Å². The molecule has 0 amide bonds. The highest BCUT2D eigenvalue weighted by Gasteiger charge is 2.17. The fraction of sp³-hybridized carbons (Fsp3) is 0.125. The van der Waals surface area contributed by atoms with Crippen molar-refractivity contribution < 1.29 is 13.2 Å². The fourth-order valence-electron chi connectivity index (χ4n) is 0.907. The zero-order chi connectivity index (χ0) is 10.8. The molecule has 0 aliphatic heterocycles. The van der Waals surface area contributed by atoms with E-state index < -0.39 is 15.6 Å². The summed E-state index contributed by atoms with van der Waals surface area (Å²) in [6.45, 7) is 0. The number of hydrogen-bond donors (Lipinski definition) is 0. The third kappa shape index (κ3) is 2.47. The molecule has 0 aliphatic carbocycles. The SMILES string of the molecule is O=CCS(=O)(=O)c1ccc(Cl)cc1Cl. The molecule has 0 N–H and O–H groups in total.